The summed E-state index contributed by atoms with van der Waals surface area (Å²) in [6.07, 6.45) is 18.9. The number of phenols is 1. The summed E-state index contributed by atoms with van der Waals surface area (Å²) in [6.45, 7) is 0. The molecule has 0 saturated heterocycles. The number of hydrogen-bond acceptors (Lipinski definition) is 9. The van der Waals surface area contributed by atoms with Crippen LogP contribution < -0.4 is 4.74 Å². The number of benzene rings is 4. The van der Waals surface area contributed by atoms with Crippen molar-refractivity contribution in [2.45, 2.75) is 6.18 Å². The first-order valence-corrected chi connectivity index (χ1v) is 33.6. The zero-order valence-corrected chi connectivity index (χ0v) is 62.0. The molecular formula is C104H34ClF3N6O6. The zero-order chi connectivity index (χ0) is 84.6. The summed E-state index contributed by atoms with van der Waals surface area (Å²) in [5.41, 5.74) is 7.71. The number of alkyl halides is 3. The second-order valence-electron chi connectivity index (χ2n) is 20.8. The number of rotatable bonds is 4. The molecule has 12 aromatic rings. The number of aliphatic carboxylic acids is 1. The zero-order valence-electron chi connectivity index (χ0n) is 61.2. The van der Waals surface area contributed by atoms with Gasteiger partial charge in [-0.3, -0.25) is 8.80 Å². The molecule has 0 aliphatic rings. The lowest BCUT2D eigenvalue weighted by Crippen LogP contribution is -2.21. The maximum absolute atomic E-state index is 10.6. The minimum absolute atomic E-state index is 0.308. The highest BCUT2D eigenvalue weighted by Gasteiger charge is 2.38. The topological polar surface area (TPSA) is 153 Å². The number of aromatic hydroxyl groups is 1. The molecular weight excluding hydrogens is 1520 g/mol. The number of imidazole rings is 2. The van der Waals surface area contributed by atoms with Crippen LogP contribution in [0.5, 0.6) is 17.4 Å². The van der Waals surface area contributed by atoms with Crippen LogP contribution in [0.25, 0.3) is 77.3 Å². The Hall–Kier alpha value is -20.6. The third-order valence-corrected chi connectivity index (χ3v) is 13.8. The molecule has 12 rings (SSSR count). The molecule has 0 saturated carbocycles. The van der Waals surface area contributed by atoms with Gasteiger partial charge in [0.15, 0.2) is 0 Å². The Morgan fingerprint density at radius 1 is 0.350 bits per heavy atom. The molecule has 4 aromatic carbocycles. The van der Waals surface area contributed by atoms with Crippen molar-refractivity contribution in [3.05, 3.63) is 188 Å². The Bertz CT molecular complexity index is 7780. The largest absolute Gasteiger partial charge is 0.507 e. The van der Waals surface area contributed by atoms with Crippen LogP contribution in [0.15, 0.2) is 192 Å². The maximum atomic E-state index is 10.6. The molecule has 0 spiro atoms. The molecule has 120 heavy (non-hydrogen) atoms. The molecule has 12 nitrogen and oxygen atoms in total. The van der Waals surface area contributed by atoms with Crippen molar-refractivity contribution in [3.8, 4) is 361 Å². The van der Waals surface area contributed by atoms with Gasteiger partial charge in [0.25, 0.3) is 0 Å². The van der Waals surface area contributed by atoms with Crippen LogP contribution >= 0.6 is 11.6 Å². The van der Waals surface area contributed by atoms with Crippen molar-refractivity contribution in [2.75, 3.05) is 0 Å². The smallest absolute Gasteiger partial charge is 0.490 e. The van der Waals surface area contributed by atoms with E-state index in [4.69, 9.17) is 47.9 Å². The van der Waals surface area contributed by atoms with Gasteiger partial charge in [0.2, 0.25) is 5.88 Å². The molecule has 0 radical (unpaired) electrons. The van der Waals surface area contributed by atoms with Gasteiger partial charge in [-0.15, -0.1) is 12.8 Å². The summed E-state index contributed by atoms with van der Waals surface area (Å²) in [5, 5.41) is 23.3. The van der Waals surface area contributed by atoms with Crippen LogP contribution in [-0.2, 0) is 4.79 Å². The van der Waals surface area contributed by atoms with Crippen molar-refractivity contribution in [3.63, 3.8) is 0 Å². The summed E-state index contributed by atoms with van der Waals surface area (Å²) in [4.78, 5) is 25.9. The predicted molar refractivity (Wildman–Crippen MR) is 457 cm³/mol. The number of terminal acetylenes is 2. The number of halogens is 4. The van der Waals surface area contributed by atoms with E-state index in [-0.39, 0.29) is 0 Å². The fraction of sp³-hybridized carbons (Fsp3) is 0.00962. The van der Waals surface area contributed by atoms with Gasteiger partial charge in [-0.2, -0.15) is 13.2 Å². The normalized spacial score (nSPS) is 7.92. The molecule has 16 heteroatoms. The Kier molecular flexibility index (Phi) is 35.1. The number of fused-ring (bicyclic) bond motifs is 6. The quantitative estimate of drug-likeness (QED) is 0.129. The number of aromatic nitrogens is 6. The number of nitrogens with zero attached hydrogens (tertiary/aromatic N) is 6. The number of ether oxygens (including phenoxy) is 1. The van der Waals surface area contributed by atoms with Crippen LogP contribution in [0.2, 0.25) is 5.15 Å². The van der Waals surface area contributed by atoms with Gasteiger partial charge in [-0.25, -0.2) is 24.7 Å². The average molecular weight is 1560 g/mol. The van der Waals surface area contributed by atoms with Gasteiger partial charge >= 0.3 is 12.1 Å². The van der Waals surface area contributed by atoms with Crippen LogP contribution in [0.1, 0.15) is 0 Å². The minimum atomic E-state index is -5.08. The first-order chi connectivity index (χ1) is 59.0. The van der Waals surface area contributed by atoms with E-state index in [0.29, 0.717) is 16.8 Å². The van der Waals surface area contributed by atoms with E-state index in [1.165, 1.54) is 0 Å². The lowest BCUT2D eigenvalue weighted by atomic mass is 10.0. The number of carboxylic acid groups (broad SMARTS) is 1. The van der Waals surface area contributed by atoms with E-state index < -0.39 is 12.1 Å². The van der Waals surface area contributed by atoms with Gasteiger partial charge in [-0.1, -0.05) is 72.3 Å². The minimum Gasteiger partial charge on any atom is -0.507 e. The fourth-order valence-corrected chi connectivity index (χ4v) is 9.12. The Labute approximate surface area is 693 Å². The van der Waals surface area contributed by atoms with Gasteiger partial charge in [0.05, 0.1) is 34.7 Å². The van der Waals surface area contributed by atoms with E-state index in [2.05, 4.69) is 367 Å². The summed E-state index contributed by atoms with van der Waals surface area (Å²) >= 11 is 5.73. The van der Waals surface area contributed by atoms with Crippen molar-refractivity contribution in [2.24, 2.45) is 0 Å². The Balaban J connectivity index is 0.000000220. The number of carbonyl (C=O) groups is 1. The molecule has 0 bridgehead atoms. The van der Waals surface area contributed by atoms with E-state index >= 15 is 0 Å². The summed E-state index contributed by atoms with van der Waals surface area (Å²) < 4.78 is 52.7. The van der Waals surface area contributed by atoms with Gasteiger partial charge < -0.3 is 23.8 Å². The summed E-state index contributed by atoms with van der Waals surface area (Å²) in [7, 11) is 0. The third kappa shape index (κ3) is 29.1. The van der Waals surface area contributed by atoms with Crippen LogP contribution in [0, 0.1) is 321 Å². The molecule has 8 heterocycles. The Morgan fingerprint density at radius 2 is 0.658 bits per heavy atom. The highest BCUT2D eigenvalue weighted by Crippen LogP contribution is 2.39. The van der Waals surface area contributed by atoms with Gasteiger partial charge in [0.1, 0.15) is 39.1 Å². The van der Waals surface area contributed by atoms with Crippen molar-refractivity contribution < 1.29 is 41.8 Å². The highest BCUT2D eigenvalue weighted by atomic mass is 35.5. The van der Waals surface area contributed by atoms with Crippen LogP contribution in [-0.4, -0.2) is 51.1 Å². The molecule has 0 amide bonds. The SMILES string of the molecule is C#CC#CC#CC#CC#CC#CC#CC#CC#CC#CC#CC#CC#CC#CC#CC#CC#CC#CC#CC#CC#CC#CC#CC#CC#CC#CC#C.Clc1nccc2occc12.O=C(O)C(F)(F)F.Oc1ccc(-c2cccc3nccn23)c2ccccc12.c1ccc2c(-c3cccc4nccn34)ccc(Oc3nccc4occc34)c2c1. The molecule has 544 valence electrons. The second-order valence-corrected chi connectivity index (χ2v) is 21.2. The molecule has 0 atom stereocenters. The molecule has 0 unspecified atom stereocenters. The van der Waals surface area contributed by atoms with E-state index in [1.807, 2.05) is 104 Å². The number of phenolic OH excluding ortho intramolecular Hbond substituents is 1. The van der Waals surface area contributed by atoms with E-state index in [1.54, 1.807) is 49.3 Å². The summed E-state index contributed by atoms with van der Waals surface area (Å²) in [5.74, 6) is 127. The van der Waals surface area contributed by atoms with Gasteiger partial charge in [0, 0.05) is 272 Å². The lowest BCUT2D eigenvalue weighted by Gasteiger charge is -2.13. The Morgan fingerprint density at radius 3 is 1.01 bits per heavy atom. The van der Waals surface area contributed by atoms with Crippen molar-refractivity contribution in [1.82, 2.24) is 28.7 Å². The number of furan rings is 2. The third-order valence-electron chi connectivity index (χ3n) is 13.5. The van der Waals surface area contributed by atoms with Crippen LogP contribution in [0.3, 0.4) is 0 Å². The van der Waals surface area contributed by atoms with Crippen molar-refractivity contribution >= 4 is 72.3 Å². The van der Waals surface area contributed by atoms with Crippen molar-refractivity contribution in [1.29, 1.82) is 0 Å². The highest BCUT2D eigenvalue weighted by molar-refractivity contribution is 6.34. The summed E-state index contributed by atoms with van der Waals surface area (Å²) in [6, 6.07) is 43.3. The molecule has 8 aromatic heterocycles. The van der Waals surface area contributed by atoms with Crippen LogP contribution in [0.4, 0.5) is 13.2 Å². The lowest BCUT2D eigenvalue weighted by molar-refractivity contribution is -0.192. The molecule has 0 aliphatic carbocycles. The predicted octanol–water partition coefficient (Wildman–Crippen LogP) is 13.4. The number of pyridine rings is 4. The molecule has 0 fully saturated rings. The maximum Gasteiger partial charge on any atom is 0.490 e. The molecule has 2 N–H and O–H groups in total. The standard InChI is InChI=1S/C54H2.C24H15N3O2.C17H12N2O.C7H4ClNO.C2HF3O2/c1-3-5-7-9-11-13-15-17-19-21-23-25-27-29-31-33-35-37-39-41-43-45-47-49-51-53-54-52-50-48-46-44-42-40-38-36-34-32-30-28-26-24-22-20-18-16-14-12-10-8-6-4-2;1-2-5-18-16(4-1)17(20-6-3-7-23-25-13-14-27(20)23)8-9-22(18)29-24-19-11-15-28-21(19)10-12-26-24;20-16-9-8-13(12-4-1-2-5-14(12)16)15-6-3-7-17-18-10-11-19(15)17;8-7-5-2-4-10-6(5)1-3-9-7;3-2(4,5)1(6)7/h1-2H;1-15H;1-11,20H;1-4H;(H,6,7). The van der Waals surface area contributed by atoms with Gasteiger partial charge in [-0.05, 0) is 178 Å². The molecule has 0 aliphatic heterocycles. The first-order valence-electron chi connectivity index (χ1n) is 33.2. The second kappa shape index (κ2) is 49.5. The van der Waals surface area contributed by atoms with E-state index in [9.17, 15) is 18.3 Å². The number of hydrogen-bond donors (Lipinski definition) is 2. The number of carboxylic acids is 1. The van der Waals surface area contributed by atoms with E-state index in [0.717, 1.165) is 83.0 Å². The average Bonchev–Trinajstić information content (AvgIpc) is 1.12. The monoisotopic (exact) mass is 1550 g/mol. The first kappa shape index (κ1) is 85.0. The fourth-order valence-electron chi connectivity index (χ4n) is 8.91.